The SMILES string of the molecule is CCC1CN(C(CN)c2cccc(C3CC3)c2)CCS1. The molecule has 1 heterocycles. The van der Waals surface area contributed by atoms with E-state index in [1.165, 1.54) is 49.2 Å². The van der Waals surface area contributed by atoms with Crippen LogP contribution in [0.25, 0.3) is 0 Å². The summed E-state index contributed by atoms with van der Waals surface area (Å²) in [6.45, 7) is 5.40. The Kier molecular flexibility index (Phi) is 4.69. The lowest BCUT2D eigenvalue weighted by atomic mass is 10.00. The molecule has 3 rings (SSSR count). The minimum atomic E-state index is 0.406. The van der Waals surface area contributed by atoms with Gasteiger partial charge in [0.25, 0.3) is 0 Å². The molecule has 0 amide bonds. The monoisotopic (exact) mass is 290 g/mol. The lowest BCUT2D eigenvalue weighted by Crippen LogP contribution is -2.42. The summed E-state index contributed by atoms with van der Waals surface area (Å²) in [6.07, 6.45) is 4.00. The minimum Gasteiger partial charge on any atom is -0.329 e. The molecule has 2 N–H and O–H groups in total. The van der Waals surface area contributed by atoms with Crippen molar-refractivity contribution in [3.05, 3.63) is 35.4 Å². The molecule has 1 saturated heterocycles. The Morgan fingerprint density at radius 3 is 2.95 bits per heavy atom. The first-order valence-electron chi connectivity index (χ1n) is 7.97. The summed E-state index contributed by atoms with van der Waals surface area (Å²) in [4.78, 5) is 2.61. The van der Waals surface area contributed by atoms with Crippen LogP contribution in [-0.4, -0.2) is 35.5 Å². The Balaban J connectivity index is 1.76. The lowest BCUT2D eigenvalue weighted by Gasteiger charge is -2.37. The molecular formula is C17H26N2S. The minimum absolute atomic E-state index is 0.406. The van der Waals surface area contributed by atoms with E-state index in [4.69, 9.17) is 5.73 Å². The molecule has 2 aliphatic rings. The summed E-state index contributed by atoms with van der Waals surface area (Å²) in [6, 6.07) is 9.60. The van der Waals surface area contributed by atoms with Crippen LogP contribution in [0.5, 0.6) is 0 Å². The third-order valence-electron chi connectivity index (χ3n) is 4.63. The van der Waals surface area contributed by atoms with Gasteiger partial charge in [0.2, 0.25) is 0 Å². The summed E-state index contributed by atoms with van der Waals surface area (Å²) >= 11 is 2.13. The zero-order chi connectivity index (χ0) is 13.9. The maximum atomic E-state index is 6.12. The maximum absolute atomic E-state index is 6.12. The highest BCUT2D eigenvalue weighted by Crippen LogP contribution is 2.41. The first-order valence-corrected chi connectivity index (χ1v) is 9.02. The highest BCUT2D eigenvalue weighted by Gasteiger charge is 2.28. The lowest BCUT2D eigenvalue weighted by molar-refractivity contribution is 0.207. The number of benzene rings is 1. The Morgan fingerprint density at radius 1 is 1.40 bits per heavy atom. The molecule has 2 nitrogen and oxygen atoms in total. The normalized spacial score (nSPS) is 25.6. The van der Waals surface area contributed by atoms with Crippen LogP contribution in [0, 0.1) is 0 Å². The van der Waals surface area contributed by atoms with Crippen LogP contribution in [0.2, 0.25) is 0 Å². The predicted octanol–water partition coefficient (Wildman–Crippen LogP) is 3.39. The van der Waals surface area contributed by atoms with E-state index in [-0.39, 0.29) is 0 Å². The smallest absolute Gasteiger partial charge is 0.0471 e. The average Bonchev–Trinajstić information content (AvgIpc) is 3.33. The molecule has 1 saturated carbocycles. The number of hydrogen-bond donors (Lipinski definition) is 1. The Bertz CT molecular complexity index is 444. The van der Waals surface area contributed by atoms with Crippen LogP contribution in [0.15, 0.2) is 24.3 Å². The number of nitrogens with two attached hydrogens (primary N) is 1. The second kappa shape index (κ2) is 6.50. The van der Waals surface area contributed by atoms with E-state index in [0.29, 0.717) is 6.04 Å². The van der Waals surface area contributed by atoms with E-state index >= 15 is 0 Å². The summed E-state index contributed by atoms with van der Waals surface area (Å²) in [5.41, 5.74) is 9.07. The van der Waals surface area contributed by atoms with Crippen molar-refractivity contribution >= 4 is 11.8 Å². The second-order valence-corrected chi connectivity index (χ2v) is 7.50. The summed E-state index contributed by atoms with van der Waals surface area (Å²) in [7, 11) is 0. The van der Waals surface area contributed by atoms with Gasteiger partial charge in [-0.2, -0.15) is 11.8 Å². The van der Waals surface area contributed by atoms with Gasteiger partial charge in [-0.15, -0.1) is 0 Å². The maximum Gasteiger partial charge on any atom is 0.0471 e. The van der Waals surface area contributed by atoms with Crippen LogP contribution in [-0.2, 0) is 0 Å². The van der Waals surface area contributed by atoms with E-state index in [1.807, 2.05) is 0 Å². The highest BCUT2D eigenvalue weighted by atomic mass is 32.2. The number of nitrogens with zero attached hydrogens (tertiary/aromatic N) is 1. The molecule has 3 heteroatoms. The van der Waals surface area contributed by atoms with E-state index in [2.05, 4.69) is 47.9 Å². The van der Waals surface area contributed by atoms with Crippen molar-refractivity contribution in [2.24, 2.45) is 5.73 Å². The predicted molar refractivity (Wildman–Crippen MR) is 88.3 cm³/mol. The summed E-state index contributed by atoms with van der Waals surface area (Å²) in [5.74, 6) is 2.07. The molecule has 0 aromatic heterocycles. The molecule has 2 fully saturated rings. The van der Waals surface area contributed by atoms with Crippen molar-refractivity contribution in [2.75, 3.05) is 25.4 Å². The van der Waals surface area contributed by atoms with Crippen LogP contribution in [0.3, 0.4) is 0 Å². The van der Waals surface area contributed by atoms with Gasteiger partial charge in [-0.05, 0) is 36.3 Å². The zero-order valence-corrected chi connectivity index (χ0v) is 13.2. The molecule has 1 aliphatic carbocycles. The molecule has 2 atom stereocenters. The second-order valence-electron chi connectivity index (χ2n) is 6.09. The molecule has 1 aromatic rings. The van der Waals surface area contributed by atoms with Gasteiger partial charge in [0, 0.05) is 36.7 Å². The molecule has 0 spiro atoms. The third kappa shape index (κ3) is 3.21. The van der Waals surface area contributed by atoms with Gasteiger partial charge in [-0.25, -0.2) is 0 Å². The van der Waals surface area contributed by atoms with Crippen molar-refractivity contribution < 1.29 is 0 Å². The third-order valence-corrected chi connectivity index (χ3v) is 6.01. The molecule has 1 aliphatic heterocycles. The van der Waals surface area contributed by atoms with Gasteiger partial charge in [-0.3, -0.25) is 4.90 Å². The molecule has 20 heavy (non-hydrogen) atoms. The van der Waals surface area contributed by atoms with Gasteiger partial charge in [0.05, 0.1) is 0 Å². The summed E-state index contributed by atoms with van der Waals surface area (Å²) < 4.78 is 0. The highest BCUT2D eigenvalue weighted by molar-refractivity contribution is 8.00. The number of hydrogen-bond acceptors (Lipinski definition) is 3. The Hall–Kier alpha value is -0.510. The van der Waals surface area contributed by atoms with Crippen molar-refractivity contribution in [3.8, 4) is 0 Å². The van der Waals surface area contributed by atoms with Crippen molar-refractivity contribution in [1.82, 2.24) is 4.90 Å². The zero-order valence-electron chi connectivity index (χ0n) is 12.4. The van der Waals surface area contributed by atoms with Crippen molar-refractivity contribution in [3.63, 3.8) is 0 Å². The fraction of sp³-hybridized carbons (Fsp3) is 0.647. The largest absolute Gasteiger partial charge is 0.329 e. The van der Waals surface area contributed by atoms with Crippen LogP contribution < -0.4 is 5.73 Å². The number of thioether (sulfide) groups is 1. The fourth-order valence-corrected chi connectivity index (χ4v) is 4.41. The van der Waals surface area contributed by atoms with Gasteiger partial charge < -0.3 is 5.73 Å². The van der Waals surface area contributed by atoms with Gasteiger partial charge >= 0.3 is 0 Å². The molecule has 2 unspecified atom stereocenters. The molecule has 1 aromatic carbocycles. The van der Waals surface area contributed by atoms with Crippen molar-refractivity contribution in [2.45, 2.75) is 43.4 Å². The topological polar surface area (TPSA) is 29.3 Å². The first-order chi connectivity index (χ1) is 9.81. The van der Waals surface area contributed by atoms with Gasteiger partial charge in [0.15, 0.2) is 0 Å². The fourth-order valence-electron chi connectivity index (χ4n) is 3.21. The van der Waals surface area contributed by atoms with E-state index in [1.54, 1.807) is 0 Å². The van der Waals surface area contributed by atoms with Crippen LogP contribution in [0.4, 0.5) is 0 Å². The Labute approximate surface area is 127 Å². The van der Waals surface area contributed by atoms with E-state index < -0.39 is 0 Å². The average molecular weight is 290 g/mol. The molecule has 110 valence electrons. The van der Waals surface area contributed by atoms with E-state index in [0.717, 1.165) is 17.7 Å². The van der Waals surface area contributed by atoms with Gasteiger partial charge in [-0.1, -0.05) is 31.2 Å². The van der Waals surface area contributed by atoms with Crippen LogP contribution in [0.1, 0.15) is 49.3 Å². The molecule has 0 bridgehead atoms. The van der Waals surface area contributed by atoms with E-state index in [9.17, 15) is 0 Å². The van der Waals surface area contributed by atoms with Crippen LogP contribution >= 0.6 is 11.8 Å². The van der Waals surface area contributed by atoms with Gasteiger partial charge in [0.1, 0.15) is 0 Å². The Morgan fingerprint density at radius 2 is 2.25 bits per heavy atom. The molecular weight excluding hydrogens is 264 g/mol. The first kappa shape index (κ1) is 14.4. The summed E-state index contributed by atoms with van der Waals surface area (Å²) in [5, 5.41) is 0.782. The molecule has 0 radical (unpaired) electrons. The quantitative estimate of drug-likeness (QED) is 0.901. The number of rotatable bonds is 5. The van der Waals surface area contributed by atoms with Crippen molar-refractivity contribution in [1.29, 1.82) is 0 Å². The standard InChI is InChI=1S/C17H26N2S/c1-2-16-12-19(8-9-20-16)17(11-18)15-5-3-4-14(10-15)13-6-7-13/h3-5,10,13,16-17H,2,6-9,11-12,18H2,1H3.